The van der Waals surface area contributed by atoms with E-state index >= 15 is 0 Å². The van der Waals surface area contributed by atoms with Crippen molar-refractivity contribution in [1.29, 1.82) is 0 Å². The van der Waals surface area contributed by atoms with Crippen molar-refractivity contribution in [3.05, 3.63) is 29.5 Å². The first-order valence-electron chi connectivity index (χ1n) is 9.07. The van der Waals surface area contributed by atoms with Crippen LogP contribution in [0.3, 0.4) is 0 Å². The molecule has 1 unspecified atom stereocenters. The highest BCUT2D eigenvalue weighted by Gasteiger charge is 2.24. The predicted octanol–water partition coefficient (Wildman–Crippen LogP) is 2.61. The third kappa shape index (κ3) is 4.34. The molecule has 0 bridgehead atoms. The number of rotatable bonds is 8. The number of hydrogen-bond donors (Lipinski definition) is 0. The lowest BCUT2D eigenvalue weighted by atomic mass is 9.85. The van der Waals surface area contributed by atoms with Gasteiger partial charge in [-0.3, -0.25) is 4.68 Å². The fourth-order valence-electron chi connectivity index (χ4n) is 3.10. The maximum absolute atomic E-state index is 5.61. The Bertz CT molecular complexity index is 693. The van der Waals surface area contributed by atoms with Gasteiger partial charge >= 0.3 is 0 Å². The van der Waals surface area contributed by atoms with Gasteiger partial charge in [0, 0.05) is 44.6 Å². The van der Waals surface area contributed by atoms with Gasteiger partial charge in [-0.1, -0.05) is 18.6 Å². The molecule has 7 heteroatoms. The Morgan fingerprint density at radius 2 is 2.16 bits per heavy atom. The minimum absolute atomic E-state index is 0.152. The summed E-state index contributed by atoms with van der Waals surface area (Å²) in [6.45, 7) is 5.61. The molecule has 1 fully saturated rings. The van der Waals surface area contributed by atoms with Crippen LogP contribution in [0.25, 0.3) is 0 Å². The summed E-state index contributed by atoms with van der Waals surface area (Å²) in [5.41, 5.74) is 1.94. The van der Waals surface area contributed by atoms with Gasteiger partial charge < -0.3 is 9.64 Å². The van der Waals surface area contributed by atoms with E-state index in [1.54, 1.807) is 11.8 Å². The average Bonchev–Trinajstić information content (AvgIpc) is 2.94. The fourth-order valence-corrected chi connectivity index (χ4v) is 3.10. The van der Waals surface area contributed by atoms with Crippen LogP contribution < -0.4 is 4.90 Å². The van der Waals surface area contributed by atoms with Gasteiger partial charge in [0.1, 0.15) is 17.3 Å². The zero-order valence-corrected chi connectivity index (χ0v) is 15.6. The van der Waals surface area contributed by atoms with E-state index in [1.165, 1.54) is 19.3 Å². The largest absolute Gasteiger partial charge is 0.380 e. The normalized spacial score (nSPS) is 15.8. The maximum Gasteiger partial charge on any atom is 0.134 e. The molecular weight excluding hydrogens is 316 g/mol. The van der Waals surface area contributed by atoms with Crippen molar-refractivity contribution in [2.75, 3.05) is 18.6 Å². The predicted molar refractivity (Wildman–Crippen MR) is 96.5 cm³/mol. The number of ether oxygens (including phenoxy) is 1. The molecule has 0 radical (unpaired) electrons. The summed E-state index contributed by atoms with van der Waals surface area (Å²) in [4.78, 5) is 11.8. The highest BCUT2D eigenvalue weighted by atomic mass is 16.5. The van der Waals surface area contributed by atoms with Crippen LogP contribution >= 0.6 is 0 Å². The lowest BCUT2D eigenvalue weighted by Crippen LogP contribution is -2.34. The van der Waals surface area contributed by atoms with Crippen molar-refractivity contribution < 1.29 is 4.74 Å². The van der Waals surface area contributed by atoms with E-state index in [0.717, 1.165) is 36.0 Å². The number of nitrogens with zero attached hydrogens (tertiary/aromatic N) is 6. The van der Waals surface area contributed by atoms with Crippen LogP contribution in [0.4, 0.5) is 5.82 Å². The van der Waals surface area contributed by atoms with Crippen molar-refractivity contribution >= 4 is 5.82 Å². The summed E-state index contributed by atoms with van der Waals surface area (Å²) in [6, 6.07) is 2.06. The Morgan fingerprint density at radius 3 is 2.72 bits per heavy atom. The number of methoxy groups -OCH3 is 1. The molecule has 0 aliphatic heterocycles. The lowest BCUT2D eigenvalue weighted by molar-refractivity contribution is 0.104. The smallest absolute Gasteiger partial charge is 0.134 e. The molecule has 7 nitrogen and oxygen atoms in total. The maximum atomic E-state index is 5.61. The summed E-state index contributed by atoms with van der Waals surface area (Å²) in [6.07, 6.45) is 6.72. The zero-order valence-electron chi connectivity index (χ0n) is 15.6. The molecule has 1 saturated carbocycles. The molecule has 1 aliphatic rings. The minimum Gasteiger partial charge on any atom is -0.380 e. The third-order valence-corrected chi connectivity index (χ3v) is 4.87. The number of aromatic nitrogens is 5. The van der Waals surface area contributed by atoms with Gasteiger partial charge in [0.05, 0.1) is 12.6 Å². The van der Waals surface area contributed by atoms with Crippen LogP contribution in [0.1, 0.15) is 55.7 Å². The van der Waals surface area contributed by atoms with Crippen LogP contribution in [0.2, 0.25) is 0 Å². The quantitative estimate of drug-likeness (QED) is 0.733. The molecule has 25 heavy (non-hydrogen) atoms. The molecule has 2 aromatic heterocycles. The van der Waals surface area contributed by atoms with Gasteiger partial charge in [-0.15, -0.1) is 5.10 Å². The second kappa shape index (κ2) is 7.91. The van der Waals surface area contributed by atoms with Gasteiger partial charge in [0.15, 0.2) is 0 Å². The van der Waals surface area contributed by atoms with Crippen molar-refractivity contribution in [3.8, 4) is 0 Å². The highest BCUT2D eigenvalue weighted by Crippen LogP contribution is 2.35. The third-order valence-electron chi connectivity index (χ3n) is 4.87. The standard InChI is InChI=1S/C18H28N6O/c1-5-16(25-4)12-24(11-15-10-23(3)22-21-15)17-9-13(2)19-18(20-17)14-7-6-8-14/h9-10,14,16H,5-8,11-12H2,1-4H3. The molecule has 0 spiro atoms. The van der Waals surface area contributed by atoms with E-state index in [9.17, 15) is 0 Å². The molecule has 2 heterocycles. The van der Waals surface area contributed by atoms with Gasteiger partial charge in [0.25, 0.3) is 0 Å². The number of hydrogen-bond acceptors (Lipinski definition) is 6. The Morgan fingerprint density at radius 1 is 1.36 bits per heavy atom. The monoisotopic (exact) mass is 344 g/mol. The summed E-state index contributed by atoms with van der Waals surface area (Å²) < 4.78 is 7.34. The van der Waals surface area contributed by atoms with Crippen molar-refractivity contribution in [2.45, 2.75) is 58.1 Å². The second-order valence-electron chi connectivity index (χ2n) is 6.88. The van der Waals surface area contributed by atoms with E-state index in [1.807, 2.05) is 20.2 Å². The van der Waals surface area contributed by atoms with Crippen LogP contribution in [-0.2, 0) is 18.3 Å². The molecule has 136 valence electrons. The van der Waals surface area contributed by atoms with Crippen LogP contribution in [-0.4, -0.2) is 44.7 Å². The molecule has 3 rings (SSSR count). The first-order valence-corrected chi connectivity index (χ1v) is 9.07. The Balaban J connectivity index is 1.87. The summed E-state index contributed by atoms with van der Waals surface area (Å²) in [7, 11) is 3.65. The summed E-state index contributed by atoms with van der Waals surface area (Å²) >= 11 is 0. The lowest BCUT2D eigenvalue weighted by Gasteiger charge is -2.29. The second-order valence-corrected chi connectivity index (χ2v) is 6.88. The fraction of sp³-hybridized carbons (Fsp3) is 0.667. The Kier molecular flexibility index (Phi) is 5.63. The van der Waals surface area contributed by atoms with E-state index in [-0.39, 0.29) is 6.10 Å². The molecule has 0 saturated heterocycles. The average molecular weight is 344 g/mol. The van der Waals surface area contributed by atoms with E-state index in [0.29, 0.717) is 12.5 Å². The zero-order chi connectivity index (χ0) is 17.8. The molecule has 0 aromatic carbocycles. The van der Waals surface area contributed by atoms with Crippen LogP contribution in [0.5, 0.6) is 0 Å². The number of anilines is 1. The first kappa shape index (κ1) is 17.8. The molecule has 0 N–H and O–H groups in total. The molecule has 1 atom stereocenters. The van der Waals surface area contributed by atoms with Crippen molar-refractivity contribution in [3.63, 3.8) is 0 Å². The topological polar surface area (TPSA) is 69.0 Å². The van der Waals surface area contributed by atoms with E-state index < -0.39 is 0 Å². The molecular formula is C18H28N6O. The highest BCUT2D eigenvalue weighted by molar-refractivity contribution is 5.41. The van der Waals surface area contributed by atoms with Crippen LogP contribution in [0, 0.1) is 6.92 Å². The molecule has 0 amide bonds. The summed E-state index contributed by atoms with van der Waals surface area (Å²) in [5.74, 6) is 2.45. The minimum atomic E-state index is 0.152. The first-order chi connectivity index (χ1) is 12.1. The van der Waals surface area contributed by atoms with Gasteiger partial charge in [-0.2, -0.15) is 0 Å². The van der Waals surface area contributed by atoms with E-state index in [4.69, 9.17) is 9.72 Å². The summed E-state index contributed by atoms with van der Waals surface area (Å²) in [5, 5.41) is 8.28. The van der Waals surface area contributed by atoms with Gasteiger partial charge in [-0.25, -0.2) is 9.97 Å². The molecule has 1 aliphatic carbocycles. The van der Waals surface area contributed by atoms with Gasteiger partial charge in [-0.05, 0) is 26.2 Å². The SMILES string of the molecule is CCC(CN(Cc1cn(C)nn1)c1cc(C)nc(C2CCC2)n1)OC. The Labute approximate surface area is 149 Å². The van der Waals surface area contributed by atoms with Crippen molar-refractivity contribution in [2.24, 2.45) is 7.05 Å². The van der Waals surface area contributed by atoms with E-state index in [2.05, 4.69) is 33.2 Å². The van der Waals surface area contributed by atoms with Gasteiger partial charge in [0.2, 0.25) is 0 Å². The number of aryl methyl sites for hydroxylation is 2. The van der Waals surface area contributed by atoms with Crippen LogP contribution in [0.15, 0.2) is 12.3 Å². The molecule has 2 aromatic rings. The Hall–Kier alpha value is -2.02. The van der Waals surface area contributed by atoms with Crippen molar-refractivity contribution in [1.82, 2.24) is 25.0 Å².